The minimum absolute atomic E-state index is 0.0937. The second kappa shape index (κ2) is 21.9. The van der Waals surface area contributed by atoms with E-state index in [2.05, 4.69) is 25.6 Å². The molecule has 0 saturated carbocycles. The highest BCUT2D eigenvalue weighted by Crippen LogP contribution is 2.40. The van der Waals surface area contributed by atoms with E-state index in [-0.39, 0.29) is 67.9 Å². The number of nitrogens with zero attached hydrogens (tertiary/aromatic N) is 5. The molecule has 360 valence electrons. The van der Waals surface area contributed by atoms with E-state index in [1.165, 1.54) is 20.8 Å². The molecular weight excluding hydrogens is 845 g/mol. The second-order valence-corrected chi connectivity index (χ2v) is 18.3. The van der Waals surface area contributed by atoms with Crippen LogP contribution in [-0.4, -0.2) is 148 Å². The quantitative estimate of drug-likeness (QED) is 0.174. The molecule has 0 aliphatic carbocycles. The molecule has 19 heteroatoms. The van der Waals surface area contributed by atoms with Crippen LogP contribution in [0.1, 0.15) is 105 Å². The number of fused-ring (bicyclic) bond motifs is 5. The van der Waals surface area contributed by atoms with Crippen molar-refractivity contribution in [2.75, 3.05) is 33.9 Å². The van der Waals surface area contributed by atoms with Crippen LogP contribution in [0.25, 0.3) is 11.4 Å². The lowest BCUT2D eigenvalue weighted by molar-refractivity contribution is -0.296. The molecule has 2 amide bonds. The van der Waals surface area contributed by atoms with Crippen LogP contribution < -0.4 is 5.32 Å². The summed E-state index contributed by atoms with van der Waals surface area (Å²) in [6, 6.07) is 6.23. The first kappa shape index (κ1) is 51.5. The number of Topliss-reactive ketones (excluding diaryl/α,β-unsaturated/α-hetero) is 1. The zero-order valence-corrected chi connectivity index (χ0v) is 39.7. The van der Waals surface area contributed by atoms with Crippen molar-refractivity contribution < 1.29 is 62.4 Å². The van der Waals surface area contributed by atoms with Crippen LogP contribution >= 0.6 is 0 Å². The third-order valence-corrected chi connectivity index (χ3v) is 12.7. The lowest BCUT2D eigenvalue weighted by atomic mass is 9.73. The Labute approximate surface area is 380 Å². The minimum Gasteiger partial charge on any atom is -0.459 e. The van der Waals surface area contributed by atoms with Crippen molar-refractivity contribution in [3.05, 3.63) is 35.7 Å². The molecule has 3 aliphatic heterocycles. The zero-order valence-electron chi connectivity index (χ0n) is 39.7. The minimum atomic E-state index is -1.90. The summed E-state index contributed by atoms with van der Waals surface area (Å²) in [6.07, 6.45) is -5.45. The molecule has 3 aliphatic rings. The predicted octanol–water partition coefficient (Wildman–Crippen LogP) is 3.92. The van der Waals surface area contributed by atoms with E-state index >= 15 is 0 Å². The van der Waals surface area contributed by atoms with E-state index in [9.17, 15) is 29.4 Å². The highest BCUT2D eigenvalue weighted by atomic mass is 16.7. The standard InChI is InChI=1S/C46H68N6O13/c1-13-36-46(10,58)41-26(5)37(48-29(8)53)24(3)20-45(9,40(27(6)38(54)28(7)43(57)63-36)64-44-39(55)35(52(11)12)18-25(4)62-44)60-22-30(21-59-41)50-61-23-31-19-34(51-65-31)32-16-15-17-33(49-32)42(56)47-14-2/h15-17,19,24-28,35-36,39-41,44,55,58H,13-14,18,20-23H2,1-12H3,(H,47,56)/b48-37?,50-30+/t24-,25-,26+,27+,28-,35+,36-,39-,40-,41+,44+,45-,46-/m1/s1. The number of oxime groups is 1. The third kappa shape index (κ3) is 12.1. The van der Waals surface area contributed by atoms with Gasteiger partial charge >= 0.3 is 5.97 Å². The molecule has 0 spiro atoms. The number of aliphatic hydroxyl groups is 2. The van der Waals surface area contributed by atoms with Gasteiger partial charge in [-0.15, -0.1) is 0 Å². The van der Waals surface area contributed by atoms with Crippen LogP contribution in [-0.2, 0) is 49.5 Å². The molecule has 2 aromatic rings. The molecule has 3 N–H and O–H groups in total. The topological polar surface area (TPSA) is 243 Å². The number of hydrogen-bond donors (Lipinski definition) is 3. The fourth-order valence-corrected chi connectivity index (χ4v) is 9.25. The van der Waals surface area contributed by atoms with Crippen molar-refractivity contribution in [1.82, 2.24) is 20.4 Å². The molecule has 2 bridgehead atoms. The fourth-order valence-electron chi connectivity index (χ4n) is 9.25. The summed E-state index contributed by atoms with van der Waals surface area (Å²) < 4.78 is 38.0. The summed E-state index contributed by atoms with van der Waals surface area (Å²) in [5.41, 5.74) is -1.78. The summed E-state index contributed by atoms with van der Waals surface area (Å²) in [6.45, 7) is 16.4. The molecule has 5 rings (SSSR count). The van der Waals surface area contributed by atoms with Crippen LogP contribution in [0.4, 0.5) is 0 Å². The molecule has 5 heterocycles. The smallest absolute Gasteiger partial charge is 0.316 e. The van der Waals surface area contributed by atoms with Gasteiger partial charge in [0.05, 0.1) is 42.8 Å². The number of esters is 1. The van der Waals surface area contributed by atoms with Gasteiger partial charge in [-0.3, -0.25) is 19.2 Å². The summed E-state index contributed by atoms with van der Waals surface area (Å²) in [5.74, 6) is -5.61. The van der Waals surface area contributed by atoms with Crippen LogP contribution in [0.2, 0.25) is 0 Å². The Morgan fingerprint density at radius 3 is 2.43 bits per heavy atom. The number of carbonyl (C=O) groups is 4. The number of aromatic nitrogens is 2. The summed E-state index contributed by atoms with van der Waals surface area (Å²) in [4.78, 5) is 70.4. The Bertz CT molecular complexity index is 2060. The Balaban J connectivity index is 1.60. The number of nitrogens with one attached hydrogen (secondary N) is 1. The van der Waals surface area contributed by atoms with Gasteiger partial charge in [-0.05, 0) is 86.0 Å². The number of likely N-dealkylation sites (N-methyl/N-ethyl adjacent to an activating group) is 1. The van der Waals surface area contributed by atoms with E-state index in [1.807, 2.05) is 39.8 Å². The third-order valence-electron chi connectivity index (χ3n) is 12.7. The van der Waals surface area contributed by atoms with Crippen molar-refractivity contribution in [2.24, 2.45) is 33.8 Å². The molecule has 65 heavy (non-hydrogen) atoms. The predicted molar refractivity (Wildman–Crippen MR) is 237 cm³/mol. The molecule has 0 unspecified atom stereocenters. The Morgan fingerprint density at radius 1 is 1.05 bits per heavy atom. The Kier molecular flexibility index (Phi) is 17.3. The summed E-state index contributed by atoms with van der Waals surface area (Å²) >= 11 is 0. The van der Waals surface area contributed by atoms with Crippen molar-refractivity contribution >= 4 is 35.0 Å². The van der Waals surface area contributed by atoms with E-state index in [0.29, 0.717) is 30.1 Å². The van der Waals surface area contributed by atoms with E-state index < -0.39 is 83.2 Å². The number of ether oxygens (including phenoxy) is 5. The number of carbonyl (C=O) groups excluding carboxylic acids is 4. The molecular formula is C46H68N6O13. The number of pyridine rings is 1. The van der Waals surface area contributed by atoms with E-state index in [4.69, 9.17) is 33.0 Å². The monoisotopic (exact) mass is 912 g/mol. The molecule has 3 fully saturated rings. The summed E-state index contributed by atoms with van der Waals surface area (Å²) in [5, 5.41) is 35.4. The Morgan fingerprint density at radius 2 is 1.77 bits per heavy atom. The molecule has 0 aromatic carbocycles. The maximum atomic E-state index is 14.6. The first-order chi connectivity index (χ1) is 30.6. The van der Waals surface area contributed by atoms with Crippen LogP contribution in [0.3, 0.4) is 0 Å². The average molecular weight is 913 g/mol. The molecule has 3 saturated heterocycles. The normalized spacial score (nSPS) is 35.5. The highest BCUT2D eigenvalue weighted by Gasteiger charge is 2.53. The van der Waals surface area contributed by atoms with Gasteiger partial charge in [0.2, 0.25) is 5.91 Å². The van der Waals surface area contributed by atoms with Gasteiger partial charge in [-0.1, -0.05) is 44.1 Å². The van der Waals surface area contributed by atoms with Gasteiger partial charge < -0.3 is 53.5 Å². The number of amides is 2. The van der Waals surface area contributed by atoms with Crippen molar-refractivity contribution in [2.45, 2.75) is 149 Å². The van der Waals surface area contributed by atoms with Crippen molar-refractivity contribution in [1.29, 1.82) is 0 Å². The first-order valence-corrected chi connectivity index (χ1v) is 22.5. The van der Waals surface area contributed by atoms with E-state index in [0.717, 1.165) is 0 Å². The van der Waals surface area contributed by atoms with Crippen molar-refractivity contribution in [3.63, 3.8) is 0 Å². The number of cyclic esters (lactones) is 1. The average Bonchev–Trinajstić information content (AvgIpc) is 3.73. The van der Waals surface area contributed by atoms with Crippen molar-refractivity contribution in [3.8, 4) is 11.4 Å². The lowest BCUT2D eigenvalue weighted by Crippen LogP contribution is -2.60. The first-order valence-electron chi connectivity index (χ1n) is 22.5. The largest absolute Gasteiger partial charge is 0.459 e. The van der Waals surface area contributed by atoms with Gasteiger partial charge in [-0.2, -0.15) is 0 Å². The second-order valence-electron chi connectivity index (χ2n) is 18.3. The van der Waals surface area contributed by atoms with Crippen LogP contribution in [0.5, 0.6) is 0 Å². The number of ketones is 1. The number of aliphatic hydroxyl groups excluding tert-OH is 1. The van der Waals surface area contributed by atoms with Gasteiger partial charge in [0.1, 0.15) is 40.8 Å². The zero-order chi connectivity index (χ0) is 48.0. The molecule has 2 aromatic heterocycles. The maximum Gasteiger partial charge on any atom is 0.316 e. The SMILES string of the molecule is CCNC(=O)c1cccc(-c2cc(CO/N=C3\CO[C@H]4[C@@H](C)C(=NC(C)=O)[C@H](C)C[C@@](C)(OC3)[C@H](O[C@@H]3O[C@H](C)C[C@H](N(C)C)[C@H]3O)[C@@H](C)C(=O)[C@@H](C)C(=O)O[C@H](CC)[C@@]4(C)O)on2)n1. The van der Waals surface area contributed by atoms with Gasteiger partial charge in [0.25, 0.3) is 5.91 Å². The highest BCUT2D eigenvalue weighted by molar-refractivity contribution is 6.00. The lowest BCUT2D eigenvalue weighted by Gasteiger charge is -2.47. The number of hydrogen-bond acceptors (Lipinski definition) is 17. The molecule has 19 nitrogen and oxygen atoms in total. The fraction of sp³-hybridized carbons (Fsp3) is 0.696. The van der Waals surface area contributed by atoms with Gasteiger partial charge in [0, 0.05) is 43.1 Å². The van der Waals surface area contributed by atoms with Gasteiger partial charge in [0.15, 0.2) is 24.4 Å². The Hall–Kier alpha value is -4.50. The number of rotatable bonds is 10. The molecule has 0 radical (unpaired) electrons. The van der Waals surface area contributed by atoms with E-state index in [1.54, 1.807) is 52.0 Å². The molecule has 13 atom stereocenters. The maximum absolute atomic E-state index is 14.6. The summed E-state index contributed by atoms with van der Waals surface area (Å²) in [7, 11) is 3.70. The van der Waals surface area contributed by atoms with Crippen LogP contribution in [0.15, 0.2) is 38.9 Å². The van der Waals surface area contributed by atoms with Crippen LogP contribution in [0, 0.1) is 23.7 Å². The number of aliphatic imine (C=N–C) groups is 1. The van der Waals surface area contributed by atoms with Gasteiger partial charge in [-0.25, -0.2) is 9.98 Å².